The number of aromatic nitrogens is 1. The molecule has 11 heavy (non-hydrogen) atoms. The van der Waals surface area contributed by atoms with Crippen LogP contribution in [-0.2, 0) is 13.0 Å². The number of nitrogens with zero attached hydrogens (tertiary/aromatic N) is 1. The second-order valence-corrected chi connectivity index (χ2v) is 2.93. The molecule has 0 aliphatic carbocycles. The summed E-state index contributed by atoms with van der Waals surface area (Å²) in [6, 6.07) is 4.09. The molecule has 0 amide bonds. The summed E-state index contributed by atoms with van der Waals surface area (Å²) in [5.74, 6) is 0. The van der Waals surface area contributed by atoms with Crippen LogP contribution in [0, 0.1) is 4.64 Å². The fraction of sp³-hybridized carbons (Fsp3) is 0.444. The van der Waals surface area contributed by atoms with Crippen LogP contribution in [-0.4, -0.2) is 4.57 Å². The number of hydrogen-bond acceptors (Lipinski definition) is 1. The van der Waals surface area contributed by atoms with Gasteiger partial charge in [-0.05, 0) is 25.0 Å². The van der Waals surface area contributed by atoms with Crippen molar-refractivity contribution in [1.82, 2.24) is 4.57 Å². The van der Waals surface area contributed by atoms with Crippen LogP contribution in [0.25, 0.3) is 0 Å². The highest BCUT2D eigenvalue weighted by atomic mass is 32.1. The van der Waals surface area contributed by atoms with Crippen molar-refractivity contribution >= 4 is 12.2 Å². The minimum Gasteiger partial charge on any atom is -0.339 e. The zero-order valence-electron chi connectivity index (χ0n) is 7.00. The minimum atomic E-state index is 0.921. The van der Waals surface area contributed by atoms with Crippen molar-refractivity contribution < 1.29 is 0 Å². The van der Waals surface area contributed by atoms with Gasteiger partial charge in [0.2, 0.25) is 0 Å². The molecule has 0 aliphatic heterocycles. The van der Waals surface area contributed by atoms with Crippen molar-refractivity contribution in [1.29, 1.82) is 0 Å². The van der Waals surface area contributed by atoms with Gasteiger partial charge in [-0.2, -0.15) is 0 Å². The molecule has 60 valence electrons. The predicted octanol–water partition coefficient (Wildman–Crippen LogP) is 2.80. The van der Waals surface area contributed by atoms with Crippen LogP contribution in [0.15, 0.2) is 18.3 Å². The Morgan fingerprint density at radius 1 is 1.36 bits per heavy atom. The van der Waals surface area contributed by atoms with E-state index in [1.54, 1.807) is 0 Å². The summed E-state index contributed by atoms with van der Waals surface area (Å²) in [6.07, 6.45) is 3.21. The van der Waals surface area contributed by atoms with Gasteiger partial charge in [0.25, 0.3) is 0 Å². The second kappa shape index (κ2) is 3.67. The number of rotatable bonds is 2. The summed E-state index contributed by atoms with van der Waals surface area (Å²) in [4.78, 5) is 0. The van der Waals surface area contributed by atoms with Crippen molar-refractivity contribution in [3.05, 3.63) is 28.5 Å². The summed E-state index contributed by atoms with van der Waals surface area (Å²) >= 11 is 5.12. The van der Waals surface area contributed by atoms with E-state index in [-0.39, 0.29) is 0 Å². The van der Waals surface area contributed by atoms with Gasteiger partial charge in [0.1, 0.15) is 4.64 Å². The van der Waals surface area contributed by atoms with E-state index in [9.17, 15) is 0 Å². The van der Waals surface area contributed by atoms with E-state index < -0.39 is 0 Å². The fourth-order valence-corrected chi connectivity index (χ4v) is 1.29. The number of pyridine rings is 1. The molecule has 0 fully saturated rings. The van der Waals surface area contributed by atoms with Crippen LogP contribution in [0.5, 0.6) is 0 Å². The van der Waals surface area contributed by atoms with E-state index in [1.807, 2.05) is 6.07 Å². The molecular weight excluding hydrogens is 154 g/mol. The maximum Gasteiger partial charge on any atom is 0.105 e. The number of aryl methyl sites for hydroxylation is 2. The number of hydrogen-bond donors (Lipinski definition) is 0. The molecule has 0 saturated carbocycles. The van der Waals surface area contributed by atoms with Gasteiger partial charge in [-0.1, -0.05) is 25.2 Å². The maximum atomic E-state index is 5.12. The van der Waals surface area contributed by atoms with Gasteiger partial charge in [-0.15, -0.1) is 0 Å². The first-order valence-electron chi connectivity index (χ1n) is 3.97. The van der Waals surface area contributed by atoms with Gasteiger partial charge in [0, 0.05) is 12.7 Å². The molecule has 2 heteroatoms. The average molecular weight is 167 g/mol. The van der Waals surface area contributed by atoms with E-state index in [1.165, 1.54) is 5.56 Å². The molecule has 0 spiro atoms. The molecule has 0 radical (unpaired) electrons. The molecule has 1 rings (SSSR count). The second-order valence-electron chi connectivity index (χ2n) is 2.52. The Labute approximate surface area is 72.7 Å². The fourth-order valence-electron chi connectivity index (χ4n) is 1.04. The van der Waals surface area contributed by atoms with Crippen LogP contribution in [0.3, 0.4) is 0 Å². The molecule has 1 heterocycles. The van der Waals surface area contributed by atoms with E-state index in [2.05, 4.69) is 30.7 Å². The normalized spacial score (nSPS) is 10.0. The average Bonchev–Trinajstić information content (AvgIpc) is 2.05. The van der Waals surface area contributed by atoms with Crippen LogP contribution in [0.4, 0.5) is 0 Å². The quantitative estimate of drug-likeness (QED) is 0.613. The highest BCUT2D eigenvalue weighted by Crippen LogP contribution is 2.01. The van der Waals surface area contributed by atoms with Gasteiger partial charge in [-0.3, -0.25) is 0 Å². The lowest BCUT2D eigenvalue weighted by molar-refractivity contribution is 0.736. The summed E-state index contributed by atoms with van der Waals surface area (Å²) in [7, 11) is 0. The van der Waals surface area contributed by atoms with Crippen LogP contribution in [0.2, 0.25) is 0 Å². The molecule has 0 aromatic carbocycles. The molecule has 0 N–H and O–H groups in total. The monoisotopic (exact) mass is 167 g/mol. The first-order valence-corrected chi connectivity index (χ1v) is 4.38. The van der Waals surface area contributed by atoms with Crippen molar-refractivity contribution in [3.8, 4) is 0 Å². The van der Waals surface area contributed by atoms with Crippen molar-refractivity contribution in [3.63, 3.8) is 0 Å². The molecule has 1 nitrogen and oxygen atoms in total. The predicted molar refractivity (Wildman–Crippen MR) is 50.3 cm³/mol. The topological polar surface area (TPSA) is 4.93 Å². The lowest BCUT2D eigenvalue weighted by Crippen LogP contribution is -1.97. The first-order chi connectivity index (χ1) is 5.27. The lowest BCUT2D eigenvalue weighted by atomic mass is 10.2. The van der Waals surface area contributed by atoms with Crippen LogP contribution < -0.4 is 0 Å². The van der Waals surface area contributed by atoms with E-state index in [4.69, 9.17) is 12.2 Å². The molecule has 0 atom stereocenters. The highest BCUT2D eigenvalue weighted by molar-refractivity contribution is 7.71. The van der Waals surface area contributed by atoms with Crippen LogP contribution in [0.1, 0.15) is 19.4 Å². The third kappa shape index (κ3) is 1.90. The van der Waals surface area contributed by atoms with Crippen LogP contribution >= 0.6 is 12.2 Å². The zero-order chi connectivity index (χ0) is 8.27. The Kier molecular flexibility index (Phi) is 2.83. The van der Waals surface area contributed by atoms with Gasteiger partial charge in [0.15, 0.2) is 0 Å². The summed E-state index contributed by atoms with van der Waals surface area (Å²) in [6.45, 7) is 5.22. The third-order valence-electron chi connectivity index (χ3n) is 1.79. The molecule has 0 aliphatic rings. The third-order valence-corrected chi connectivity index (χ3v) is 2.16. The first kappa shape index (κ1) is 8.47. The molecule has 1 aromatic rings. The molecule has 0 unspecified atom stereocenters. The Morgan fingerprint density at radius 2 is 2.09 bits per heavy atom. The van der Waals surface area contributed by atoms with Gasteiger partial charge in [-0.25, -0.2) is 0 Å². The standard InChI is InChI=1S/C9H13NS/c1-3-8-5-6-9(11)10(4-2)7-8/h5-7H,3-4H2,1-2H3. The van der Waals surface area contributed by atoms with Gasteiger partial charge >= 0.3 is 0 Å². The van der Waals surface area contributed by atoms with Gasteiger partial charge < -0.3 is 4.57 Å². The Morgan fingerprint density at radius 3 is 2.64 bits per heavy atom. The highest BCUT2D eigenvalue weighted by Gasteiger charge is 1.90. The Bertz CT molecular complexity index is 288. The summed E-state index contributed by atoms with van der Waals surface area (Å²) in [5, 5.41) is 0. The van der Waals surface area contributed by atoms with E-state index in [0.29, 0.717) is 0 Å². The van der Waals surface area contributed by atoms with E-state index >= 15 is 0 Å². The molecular formula is C9H13NS. The lowest BCUT2D eigenvalue weighted by Gasteiger charge is -2.04. The largest absolute Gasteiger partial charge is 0.339 e. The summed E-state index contributed by atoms with van der Waals surface area (Å²) < 4.78 is 3.01. The molecule has 1 aromatic heterocycles. The minimum absolute atomic E-state index is 0.921. The summed E-state index contributed by atoms with van der Waals surface area (Å²) in [5.41, 5.74) is 1.35. The van der Waals surface area contributed by atoms with Crippen molar-refractivity contribution in [2.24, 2.45) is 0 Å². The zero-order valence-corrected chi connectivity index (χ0v) is 7.82. The van der Waals surface area contributed by atoms with E-state index in [0.717, 1.165) is 17.6 Å². The Hall–Kier alpha value is -0.630. The van der Waals surface area contributed by atoms with Crippen molar-refractivity contribution in [2.75, 3.05) is 0 Å². The smallest absolute Gasteiger partial charge is 0.105 e. The Balaban J connectivity index is 3.13. The maximum absolute atomic E-state index is 5.12. The molecule has 0 saturated heterocycles. The van der Waals surface area contributed by atoms with Gasteiger partial charge in [0.05, 0.1) is 0 Å². The molecule has 0 bridgehead atoms. The SMILES string of the molecule is CCc1ccc(=S)n(CC)c1. The van der Waals surface area contributed by atoms with Crippen molar-refractivity contribution in [2.45, 2.75) is 26.8 Å².